The molecule has 98 valence electrons. The zero-order valence-electron chi connectivity index (χ0n) is 11.1. The number of anilines is 1. The van der Waals surface area contributed by atoms with Gasteiger partial charge in [0.1, 0.15) is 0 Å². The van der Waals surface area contributed by atoms with Crippen molar-refractivity contribution in [3.63, 3.8) is 0 Å². The second-order valence-corrected chi connectivity index (χ2v) is 5.62. The minimum atomic E-state index is 0.614. The summed E-state index contributed by atoms with van der Waals surface area (Å²) in [6.07, 6.45) is 6.50. The molecule has 2 heterocycles. The number of rotatable bonds is 4. The van der Waals surface area contributed by atoms with Crippen molar-refractivity contribution < 1.29 is 0 Å². The maximum Gasteiger partial charge on any atom is 0.151 e. The molecule has 1 unspecified atom stereocenters. The minimum Gasteiger partial charge on any atom is -0.357 e. The second-order valence-electron chi connectivity index (χ2n) is 5.62. The van der Waals surface area contributed by atoms with Crippen molar-refractivity contribution in [3.8, 4) is 0 Å². The Morgan fingerprint density at radius 1 is 1.22 bits per heavy atom. The first-order valence-electron chi connectivity index (χ1n) is 7.11. The molecule has 2 fully saturated rings. The van der Waals surface area contributed by atoms with Crippen LogP contribution in [0.25, 0.3) is 0 Å². The molecule has 1 aromatic heterocycles. The van der Waals surface area contributed by atoms with E-state index >= 15 is 0 Å². The summed E-state index contributed by atoms with van der Waals surface area (Å²) in [6.45, 7) is 2.18. The highest BCUT2D eigenvalue weighted by Crippen LogP contribution is 2.35. The Labute approximate surface area is 109 Å². The van der Waals surface area contributed by atoms with Gasteiger partial charge in [-0.25, -0.2) is 0 Å². The van der Waals surface area contributed by atoms with Gasteiger partial charge < -0.3 is 10.2 Å². The molecule has 1 N–H and O–H groups in total. The minimum absolute atomic E-state index is 0.614. The van der Waals surface area contributed by atoms with E-state index in [1.54, 1.807) is 0 Å². The van der Waals surface area contributed by atoms with E-state index in [4.69, 9.17) is 0 Å². The number of hydrogen-bond donors (Lipinski definition) is 1. The number of hydrogen-bond acceptors (Lipinski definition) is 4. The van der Waals surface area contributed by atoms with E-state index in [2.05, 4.69) is 39.6 Å². The quantitative estimate of drug-likeness (QED) is 0.881. The van der Waals surface area contributed by atoms with Crippen LogP contribution in [0.15, 0.2) is 12.1 Å². The number of nitrogens with one attached hydrogen (secondary N) is 1. The van der Waals surface area contributed by atoms with Gasteiger partial charge in [-0.15, -0.1) is 5.10 Å². The lowest BCUT2D eigenvalue weighted by Crippen LogP contribution is -2.35. The highest BCUT2D eigenvalue weighted by atomic mass is 15.3. The Balaban J connectivity index is 1.60. The van der Waals surface area contributed by atoms with Crippen molar-refractivity contribution in [3.05, 3.63) is 17.8 Å². The fourth-order valence-corrected chi connectivity index (χ4v) is 2.80. The van der Waals surface area contributed by atoms with Crippen molar-refractivity contribution in [2.45, 2.75) is 44.1 Å². The summed E-state index contributed by atoms with van der Waals surface area (Å²) < 4.78 is 0. The number of nitrogens with zero attached hydrogens (tertiary/aromatic N) is 3. The molecule has 0 bridgehead atoms. The standard InChI is InChI=1S/C14H22N4/c1-18(10-12-6-3-9-15-12)14-8-7-13(16-17-14)11-4-2-5-11/h7-8,11-12,15H,2-6,9-10H2,1H3. The molecule has 2 aliphatic rings. The predicted octanol–water partition coefficient (Wildman–Crippen LogP) is 1.93. The highest BCUT2D eigenvalue weighted by Gasteiger charge is 2.21. The number of aromatic nitrogens is 2. The largest absolute Gasteiger partial charge is 0.357 e. The van der Waals surface area contributed by atoms with E-state index in [0.717, 1.165) is 18.9 Å². The van der Waals surface area contributed by atoms with Crippen LogP contribution in [-0.4, -0.2) is 36.4 Å². The SMILES string of the molecule is CN(CC1CCCN1)c1ccc(C2CCC2)nn1. The first kappa shape index (κ1) is 11.9. The van der Waals surface area contributed by atoms with Crippen LogP contribution in [0, 0.1) is 0 Å². The average Bonchev–Trinajstić information content (AvgIpc) is 2.80. The fourth-order valence-electron chi connectivity index (χ4n) is 2.80. The second kappa shape index (κ2) is 5.22. The summed E-state index contributed by atoms with van der Waals surface area (Å²) in [4.78, 5) is 2.21. The first-order valence-corrected chi connectivity index (χ1v) is 7.11. The molecular formula is C14H22N4. The predicted molar refractivity (Wildman–Crippen MR) is 72.9 cm³/mol. The normalized spacial score (nSPS) is 23.9. The lowest BCUT2D eigenvalue weighted by atomic mass is 9.83. The lowest BCUT2D eigenvalue weighted by molar-refractivity contribution is 0.408. The van der Waals surface area contributed by atoms with Crippen molar-refractivity contribution in [2.24, 2.45) is 0 Å². The van der Waals surface area contributed by atoms with E-state index in [1.807, 2.05) is 0 Å². The molecule has 0 aromatic carbocycles. The molecule has 4 heteroatoms. The lowest BCUT2D eigenvalue weighted by Gasteiger charge is -2.25. The van der Waals surface area contributed by atoms with Gasteiger partial charge in [-0.2, -0.15) is 5.10 Å². The van der Waals surface area contributed by atoms with Gasteiger partial charge in [0.05, 0.1) is 5.69 Å². The molecule has 0 spiro atoms. The summed E-state index contributed by atoms with van der Waals surface area (Å²) in [5, 5.41) is 12.3. The Morgan fingerprint density at radius 2 is 2.11 bits per heavy atom. The third kappa shape index (κ3) is 2.48. The van der Waals surface area contributed by atoms with Crippen LogP contribution in [0.4, 0.5) is 5.82 Å². The van der Waals surface area contributed by atoms with Crippen LogP contribution in [0.2, 0.25) is 0 Å². The van der Waals surface area contributed by atoms with Crippen molar-refractivity contribution in [1.29, 1.82) is 0 Å². The third-order valence-corrected chi connectivity index (χ3v) is 4.24. The summed E-state index contributed by atoms with van der Waals surface area (Å²) in [5.74, 6) is 1.67. The molecule has 1 aliphatic heterocycles. The smallest absolute Gasteiger partial charge is 0.151 e. The third-order valence-electron chi connectivity index (χ3n) is 4.24. The van der Waals surface area contributed by atoms with E-state index < -0.39 is 0 Å². The molecule has 1 saturated heterocycles. The van der Waals surface area contributed by atoms with Gasteiger partial charge in [-0.1, -0.05) is 6.42 Å². The molecule has 1 saturated carbocycles. The Hall–Kier alpha value is -1.16. The van der Waals surface area contributed by atoms with E-state index in [1.165, 1.54) is 37.8 Å². The molecule has 1 atom stereocenters. The molecular weight excluding hydrogens is 224 g/mol. The number of likely N-dealkylation sites (N-methyl/N-ethyl adjacent to an activating group) is 1. The van der Waals surface area contributed by atoms with Gasteiger partial charge in [-0.05, 0) is 44.4 Å². The average molecular weight is 246 g/mol. The van der Waals surface area contributed by atoms with Gasteiger partial charge in [0.25, 0.3) is 0 Å². The van der Waals surface area contributed by atoms with Crippen molar-refractivity contribution in [1.82, 2.24) is 15.5 Å². The Bertz CT molecular complexity index is 379. The molecule has 1 aliphatic carbocycles. The molecule has 18 heavy (non-hydrogen) atoms. The van der Waals surface area contributed by atoms with Gasteiger partial charge in [0, 0.05) is 25.6 Å². The molecule has 1 aromatic rings. The van der Waals surface area contributed by atoms with Gasteiger partial charge in [0.15, 0.2) is 5.82 Å². The summed E-state index contributed by atoms with van der Waals surface area (Å²) in [6, 6.07) is 4.89. The van der Waals surface area contributed by atoms with E-state index in [-0.39, 0.29) is 0 Å². The van der Waals surface area contributed by atoms with Gasteiger partial charge >= 0.3 is 0 Å². The van der Waals surface area contributed by atoms with Crippen LogP contribution < -0.4 is 10.2 Å². The van der Waals surface area contributed by atoms with Crippen molar-refractivity contribution in [2.75, 3.05) is 25.0 Å². The van der Waals surface area contributed by atoms with Crippen LogP contribution >= 0.6 is 0 Å². The monoisotopic (exact) mass is 246 g/mol. The van der Waals surface area contributed by atoms with Crippen LogP contribution in [-0.2, 0) is 0 Å². The molecule has 0 radical (unpaired) electrons. The molecule has 4 nitrogen and oxygen atoms in total. The van der Waals surface area contributed by atoms with Crippen LogP contribution in [0.5, 0.6) is 0 Å². The van der Waals surface area contributed by atoms with Gasteiger partial charge in [0.2, 0.25) is 0 Å². The topological polar surface area (TPSA) is 41.0 Å². The van der Waals surface area contributed by atoms with Crippen LogP contribution in [0.1, 0.15) is 43.7 Å². The van der Waals surface area contributed by atoms with E-state index in [9.17, 15) is 0 Å². The maximum atomic E-state index is 4.38. The summed E-state index contributed by atoms with van der Waals surface area (Å²) in [7, 11) is 2.10. The van der Waals surface area contributed by atoms with Gasteiger partial charge in [-0.3, -0.25) is 0 Å². The Kier molecular flexibility index (Phi) is 3.46. The van der Waals surface area contributed by atoms with Crippen molar-refractivity contribution >= 4 is 5.82 Å². The fraction of sp³-hybridized carbons (Fsp3) is 0.714. The van der Waals surface area contributed by atoms with E-state index in [0.29, 0.717) is 12.0 Å². The summed E-state index contributed by atoms with van der Waals surface area (Å²) >= 11 is 0. The highest BCUT2D eigenvalue weighted by molar-refractivity contribution is 5.37. The summed E-state index contributed by atoms with van der Waals surface area (Å²) in [5.41, 5.74) is 1.18. The Morgan fingerprint density at radius 3 is 2.67 bits per heavy atom. The zero-order valence-corrected chi connectivity index (χ0v) is 11.1. The zero-order chi connectivity index (χ0) is 12.4. The first-order chi connectivity index (χ1) is 8.83. The molecule has 3 rings (SSSR count). The maximum absolute atomic E-state index is 4.38. The van der Waals surface area contributed by atoms with Crippen LogP contribution in [0.3, 0.4) is 0 Å². The molecule has 0 amide bonds.